The van der Waals surface area contributed by atoms with Gasteiger partial charge >= 0.3 is 5.97 Å². The van der Waals surface area contributed by atoms with Gasteiger partial charge in [0.2, 0.25) is 0 Å². The van der Waals surface area contributed by atoms with Gasteiger partial charge < -0.3 is 14.8 Å². The Morgan fingerprint density at radius 1 is 1.16 bits per heavy atom. The molecule has 0 spiro atoms. The number of nitrogens with one attached hydrogen (secondary N) is 1. The Balaban J connectivity index is 1.43. The number of rotatable bonds is 6. The van der Waals surface area contributed by atoms with Crippen molar-refractivity contribution in [3.05, 3.63) is 71.4 Å². The second-order valence-corrected chi connectivity index (χ2v) is 9.25. The summed E-state index contributed by atoms with van der Waals surface area (Å²) in [6, 6.07) is 14.2. The van der Waals surface area contributed by atoms with E-state index in [2.05, 4.69) is 10.4 Å². The molecule has 2 aromatic carbocycles. The number of ketones is 1. The number of aryl methyl sites for hydroxylation is 1. The number of fused-ring (bicyclic) bond motifs is 2. The van der Waals surface area contributed by atoms with Gasteiger partial charge in [-0.25, -0.2) is 14.5 Å². The molecular formula is C28H26N4O5. The van der Waals surface area contributed by atoms with Crippen molar-refractivity contribution in [1.29, 1.82) is 0 Å². The van der Waals surface area contributed by atoms with E-state index < -0.39 is 24.5 Å². The van der Waals surface area contributed by atoms with Gasteiger partial charge in [0.1, 0.15) is 5.75 Å². The summed E-state index contributed by atoms with van der Waals surface area (Å²) in [4.78, 5) is 42.8. The first-order valence-corrected chi connectivity index (χ1v) is 12.0. The van der Waals surface area contributed by atoms with E-state index in [0.29, 0.717) is 28.2 Å². The molecule has 1 amide bonds. The highest BCUT2D eigenvalue weighted by molar-refractivity contribution is 6.06. The van der Waals surface area contributed by atoms with E-state index in [4.69, 9.17) is 14.5 Å². The van der Waals surface area contributed by atoms with E-state index in [0.717, 1.165) is 11.1 Å². The zero-order chi connectivity index (χ0) is 26.3. The van der Waals surface area contributed by atoms with E-state index in [9.17, 15) is 14.4 Å². The number of aromatic nitrogens is 3. The van der Waals surface area contributed by atoms with E-state index in [-0.39, 0.29) is 23.1 Å². The van der Waals surface area contributed by atoms with Crippen LogP contribution in [-0.2, 0) is 9.53 Å². The maximum absolute atomic E-state index is 13.2. The van der Waals surface area contributed by atoms with Gasteiger partial charge in [-0.2, -0.15) is 5.10 Å². The lowest BCUT2D eigenvalue weighted by molar-refractivity contribution is -0.122. The first kappa shape index (κ1) is 24.2. The van der Waals surface area contributed by atoms with Gasteiger partial charge in [-0.05, 0) is 57.5 Å². The van der Waals surface area contributed by atoms with Gasteiger partial charge in [-0.3, -0.25) is 9.59 Å². The largest absolute Gasteiger partial charge is 0.479 e. The highest BCUT2D eigenvalue weighted by atomic mass is 16.5. The minimum Gasteiger partial charge on any atom is -0.479 e. The number of amides is 1. The van der Waals surface area contributed by atoms with E-state index in [1.807, 2.05) is 45.0 Å². The van der Waals surface area contributed by atoms with Gasteiger partial charge in [-0.15, -0.1) is 0 Å². The molecule has 0 saturated heterocycles. The predicted octanol–water partition coefficient (Wildman–Crippen LogP) is 4.75. The summed E-state index contributed by atoms with van der Waals surface area (Å²) in [6.07, 6.45) is 0.979. The average Bonchev–Trinajstić information content (AvgIpc) is 3.31. The van der Waals surface area contributed by atoms with Crippen molar-refractivity contribution in [2.24, 2.45) is 0 Å². The first-order chi connectivity index (χ1) is 17.7. The molecule has 5 rings (SSSR count). The quantitative estimate of drug-likeness (QED) is 0.302. The van der Waals surface area contributed by atoms with Crippen LogP contribution in [-0.4, -0.2) is 45.1 Å². The van der Waals surface area contributed by atoms with E-state index >= 15 is 0 Å². The molecule has 37 heavy (non-hydrogen) atoms. The third-order valence-corrected chi connectivity index (χ3v) is 6.26. The molecule has 1 N–H and O–H groups in total. The monoisotopic (exact) mass is 498 g/mol. The summed E-state index contributed by atoms with van der Waals surface area (Å²) < 4.78 is 12.7. The van der Waals surface area contributed by atoms with Crippen molar-refractivity contribution in [2.75, 3.05) is 11.9 Å². The lowest BCUT2D eigenvalue weighted by Crippen LogP contribution is -2.34. The van der Waals surface area contributed by atoms with Crippen molar-refractivity contribution in [1.82, 2.24) is 14.8 Å². The zero-order valence-corrected chi connectivity index (χ0v) is 20.9. The molecular weight excluding hydrogens is 472 g/mol. The summed E-state index contributed by atoms with van der Waals surface area (Å²) >= 11 is 0. The van der Waals surface area contributed by atoms with Crippen LogP contribution in [0.2, 0.25) is 0 Å². The fourth-order valence-electron chi connectivity index (χ4n) is 4.24. The van der Waals surface area contributed by atoms with E-state index in [1.165, 1.54) is 6.07 Å². The van der Waals surface area contributed by atoms with Crippen LogP contribution in [0.1, 0.15) is 53.1 Å². The number of pyridine rings is 1. The van der Waals surface area contributed by atoms with Crippen molar-refractivity contribution < 1.29 is 23.9 Å². The summed E-state index contributed by atoms with van der Waals surface area (Å²) in [5.74, 6) is -0.879. The summed E-state index contributed by atoms with van der Waals surface area (Å²) in [6.45, 7) is 7.12. The SMILES string of the molecule is Cc1ccccc1-c1cc(C(=O)OCC(=O)c2ccc3c(c2)NC(=O)C(C)O3)c2cnn(C(C)C)c2n1. The lowest BCUT2D eigenvalue weighted by Gasteiger charge is -2.23. The average molecular weight is 499 g/mol. The summed E-state index contributed by atoms with van der Waals surface area (Å²) in [5, 5.41) is 7.68. The smallest absolute Gasteiger partial charge is 0.339 e. The Labute approximate surface area is 213 Å². The van der Waals surface area contributed by atoms with Gasteiger partial charge in [0.15, 0.2) is 24.1 Å². The maximum Gasteiger partial charge on any atom is 0.339 e. The number of Topliss-reactive ketones (excluding diaryl/α,β-unsaturated/α-hetero) is 1. The highest BCUT2D eigenvalue weighted by Crippen LogP contribution is 2.31. The number of hydrogen-bond acceptors (Lipinski definition) is 7. The number of ether oxygens (including phenoxy) is 2. The Bertz CT molecular complexity index is 1560. The van der Waals surface area contributed by atoms with E-state index in [1.54, 1.807) is 36.0 Å². The molecule has 1 aliphatic heterocycles. The molecule has 1 atom stereocenters. The second-order valence-electron chi connectivity index (χ2n) is 9.25. The Hall–Kier alpha value is -4.53. The van der Waals surface area contributed by atoms with Crippen LogP contribution in [0.15, 0.2) is 54.7 Å². The molecule has 0 radical (unpaired) electrons. The van der Waals surface area contributed by atoms with Gasteiger partial charge in [0.25, 0.3) is 5.91 Å². The topological polar surface area (TPSA) is 112 Å². The van der Waals surface area contributed by atoms with Crippen molar-refractivity contribution in [2.45, 2.75) is 39.8 Å². The molecule has 0 fully saturated rings. The van der Waals surface area contributed by atoms with Crippen LogP contribution in [0, 0.1) is 6.92 Å². The number of anilines is 1. The third-order valence-electron chi connectivity index (χ3n) is 6.26. The van der Waals surface area contributed by atoms with Crippen LogP contribution in [0.5, 0.6) is 5.75 Å². The lowest BCUT2D eigenvalue weighted by atomic mass is 10.0. The molecule has 188 valence electrons. The standard InChI is InChI=1S/C28H26N4O5/c1-15(2)32-26-21(13-29-32)20(12-22(30-26)19-8-6-5-7-16(19)3)28(35)36-14-24(33)18-9-10-25-23(11-18)31-27(34)17(4)37-25/h5-13,15,17H,14H2,1-4H3,(H,31,34). The van der Waals surface area contributed by atoms with Crippen LogP contribution in [0.4, 0.5) is 5.69 Å². The van der Waals surface area contributed by atoms with Crippen molar-refractivity contribution >= 4 is 34.4 Å². The fourth-order valence-corrected chi connectivity index (χ4v) is 4.24. The normalized spacial score (nSPS) is 14.7. The van der Waals surface area contributed by atoms with Gasteiger partial charge in [-0.1, -0.05) is 24.3 Å². The van der Waals surface area contributed by atoms with Crippen LogP contribution >= 0.6 is 0 Å². The first-order valence-electron chi connectivity index (χ1n) is 12.0. The van der Waals surface area contributed by atoms with Crippen LogP contribution < -0.4 is 10.1 Å². The Morgan fingerprint density at radius 3 is 2.70 bits per heavy atom. The maximum atomic E-state index is 13.2. The number of benzene rings is 2. The fraction of sp³-hybridized carbons (Fsp3) is 0.250. The summed E-state index contributed by atoms with van der Waals surface area (Å²) in [7, 11) is 0. The molecule has 3 heterocycles. The number of carbonyl (C=O) groups is 3. The number of carbonyl (C=O) groups excluding carboxylic acids is 3. The zero-order valence-electron chi connectivity index (χ0n) is 20.9. The minimum atomic E-state index is -0.651. The molecule has 4 aromatic rings. The Kier molecular flexibility index (Phi) is 6.20. The summed E-state index contributed by atoms with van der Waals surface area (Å²) in [5.41, 5.74) is 4.05. The Morgan fingerprint density at radius 2 is 1.95 bits per heavy atom. The van der Waals surface area contributed by atoms with Gasteiger partial charge in [0, 0.05) is 17.2 Å². The highest BCUT2D eigenvalue weighted by Gasteiger charge is 2.25. The second kappa shape index (κ2) is 9.50. The number of hydrogen-bond donors (Lipinski definition) is 1. The molecule has 0 bridgehead atoms. The third kappa shape index (κ3) is 4.55. The van der Waals surface area contributed by atoms with Crippen molar-refractivity contribution in [3.8, 4) is 17.0 Å². The molecule has 9 nitrogen and oxygen atoms in total. The molecule has 9 heteroatoms. The van der Waals surface area contributed by atoms with Gasteiger partial charge in [0.05, 0.1) is 28.5 Å². The van der Waals surface area contributed by atoms with Crippen molar-refractivity contribution in [3.63, 3.8) is 0 Å². The molecule has 0 aliphatic carbocycles. The minimum absolute atomic E-state index is 0.0269. The molecule has 2 aromatic heterocycles. The number of nitrogens with zero attached hydrogens (tertiary/aromatic N) is 3. The van der Waals surface area contributed by atoms with Crippen LogP contribution in [0.3, 0.4) is 0 Å². The molecule has 1 unspecified atom stereocenters. The van der Waals surface area contributed by atoms with Crippen LogP contribution in [0.25, 0.3) is 22.3 Å². The molecule has 0 saturated carbocycles. The number of esters is 1. The predicted molar refractivity (Wildman–Crippen MR) is 138 cm³/mol. The molecule has 1 aliphatic rings.